The number of anilines is 3. The molecule has 156 valence electrons. The monoisotopic (exact) mass is 409 g/mol. The highest BCUT2D eigenvalue weighted by Crippen LogP contribution is 2.27. The molecule has 1 saturated heterocycles. The molecule has 30 heavy (non-hydrogen) atoms. The molecule has 1 unspecified atom stereocenters. The van der Waals surface area contributed by atoms with E-state index in [4.69, 9.17) is 4.74 Å². The number of amides is 3. The zero-order chi connectivity index (χ0) is 21.7. The Morgan fingerprint density at radius 3 is 2.47 bits per heavy atom. The summed E-state index contributed by atoms with van der Waals surface area (Å²) in [5, 5.41) is 5.44. The fourth-order valence-electron chi connectivity index (χ4n) is 3.24. The van der Waals surface area contributed by atoms with Crippen LogP contribution in [0.5, 0.6) is 0 Å². The second-order valence-electron chi connectivity index (χ2n) is 6.92. The summed E-state index contributed by atoms with van der Waals surface area (Å²) in [4.78, 5) is 49.6. The minimum absolute atomic E-state index is 0.0941. The van der Waals surface area contributed by atoms with Crippen LogP contribution in [0.25, 0.3) is 0 Å². The summed E-state index contributed by atoms with van der Waals surface area (Å²) in [7, 11) is 0. The van der Waals surface area contributed by atoms with Gasteiger partial charge in [-0.05, 0) is 49.4 Å². The highest BCUT2D eigenvalue weighted by molar-refractivity contribution is 6.04. The Kier molecular flexibility index (Phi) is 6.46. The number of rotatable bonds is 6. The van der Waals surface area contributed by atoms with E-state index in [-0.39, 0.29) is 37.3 Å². The molecule has 2 aromatic rings. The van der Waals surface area contributed by atoms with Crippen LogP contribution in [0.2, 0.25) is 0 Å². The van der Waals surface area contributed by atoms with Crippen LogP contribution in [0.4, 0.5) is 17.1 Å². The lowest BCUT2D eigenvalue weighted by Gasteiger charge is -2.17. The molecule has 0 aliphatic carbocycles. The van der Waals surface area contributed by atoms with Crippen LogP contribution in [0.1, 0.15) is 30.6 Å². The SMILES string of the molecule is CCOC(=O)c1cccc(NC(=O)C2CC(=O)N(c3ccc(NC(C)=O)cc3)C2)c1. The molecule has 1 fully saturated rings. The van der Waals surface area contributed by atoms with E-state index >= 15 is 0 Å². The van der Waals surface area contributed by atoms with Gasteiger partial charge in [-0.3, -0.25) is 14.4 Å². The van der Waals surface area contributed by atoms with Gasteiger partial charge < -0.3 is 20.3 Å². The maximum absolute atomic E-state index is 12.7. The summed E-state index contributed by atoms with van der Waals surface area (Å²) in [6.07, 6.45) is 0.0941. The Morgan fingerprint density at radius 2 is 1.80 bits per heavy atom. The van der Waals surface area contributed by atoms with Crippen LogP contribution in [0.15, 0.2) is 48.5 Å². The number of benzene rings is 2. The number of hydrogen-bond acceptors (Lipinski definition) is 5. The van der Waals surface area contributed by atoms with Crippen LogP contribution >= 0.6 is 0 Å². The van der Waals surface area contributed by atoms with Crippen molar-refractivity contribution >= 4 is 40.8 Å². The number of esters is 1. The van der Waals surface area contributed by atoms with E-state index in [2.05, 4.69) is 10.6 Å². The van der Waals surface area contributed by atoms with Crippen molar-refractivity contribution in [2.24, 2.45) is 5.92 Å². The Hall–Kier alpha value is -3.68. The Balaban J connectivity index is 1.64. The van der Waals surface area contributed by atoms with Crippen molar-refractivity contribution in [3.63, 3.8) is 0 Å². The molecular formula is C22H23N3O5. The predicted molar refractivity (Wildman–Crippen MR) is 112 cm³/mol. The van der Waals surface area contributed by atoms with Gasteiger partial charge in [0.25, 0.3) is 0 Å². The van der Waals surface area contributed by atoms with E-state index in [0.29, 0.717) is 22.6 Å². The molecule has 2 aromatic carbocycles. The minimum atomic E-state index is -0.515. The molecular weight excluding hydrogens is 386 g/mol. The van der Waals surface area contributed by atoms with Gasteiger partial charge in [-0.1, -0.05) is 6.07 Å². The van der Waals surface area contributed by atoms with Gasteiger partial charge >= 0.3 is 5.97 Å². The third kappa shape index (κ3) is 5.02. The van der Waals surface area contributed by atoms with Gasteiger partial charge in [0.05, 0.1) is 18.1 Å². The largest absolute Gasteiger partial charge is 0.462 e. The molecule has 1 heterocycles. The second kappa shape index (κ2) is 9.21. The van der Waals surface area contributed by atoms with Crippen molar-refractivity contribution in [1.29, 1.82) is 0 Å². The minimum Gasteiger partial charge on any atom is -0.462 e. The summed E-state index contributed by atoms with van der Waals surface area (Å²) < 4.78 is 4.97. The molecule has 8 nitrogen and oxygen atoms in total. The van der Waals surface area contributed by atoms with Crippen molar-refractivity contribution in [2.45, 2.75) is 20.3 Å². The third-order valence-electron chi connectivity index (χ3n) is 4.64. The van der Waals surface area contributed by atoms with Gasteiger partial charge in [-0.15, -0.1) is 0 Å². The lowest BCUT2D eigenvalue weighted by atomic mass is 10.1. The Labute approximate surface area is 174 Å². The first-order chi connectivity index (χ1) is 14.4. The number of nitrogens with zero attached hydrogens (tertiary/aromatic N) is 1. The molecule has 0 bridgehead atoms. The highest BCUT2D eigenvalue weighted by atomic mass is 16.5. The average molecular weight is 409 g/mol. The first-order valence-electron chi connectivity index (χ1n) is 9.63. The van der Waals surface area contributed by atoms with Crippen molar-refractivity contribution in [2.75, 3.05) is 28.7 Å². The van der Waals surface area contributed by atoms with E-state index in [1.807, 2.05) is 0 Å². The smallest absolute Gasteiger partial charge is 0.338 e. The zero-order valence-corrected chi connectivity index (χ0v) is 16.8. The summed E-state index contributed by atoms with van der Waals surface area (Å²) in [6.45, 7) is 3.66. The molecule has 0 radical (unpaired) electrons. The molecule has 2 N–H and O–H groups in total. The van der Waals surface area contributed by atoms with Crippen molar-refractivity contribution in [3.8, 4) is 0 Å². The Bertz CT molecular complexity index is 971. The van der Waals surface area contributed by atoms with Gasteiger partial charge in [0.1, 0.15) is 0 Å². The number of nitrogens with one attached hydrogen (secondary N) is 2. The van der Waals surface area contributed by atoms with Crippen LogP contribution in [-0.4, -0.2) is 36.8 Å². The van der Waals surface area contributed by atoms with Gasteiger partial charge in [0.15, 0.2) is 0 Å². The maximum Gasteiger partial charge on any atom is 0.338 e. The molecule has 0 aromatic heterocycles. The van der Waals surface area contributed by atoms with Gasteiger partial charge in [-0.2, -0.15) is 0 Å². The molecule has 1 atom stereocenters. The number of hydrogen-bond donors (Lipinski definition) is 2. The standard InChI is InChI=1S/C22H23N3O5/c1-3-30-22(29)15-5-4-6-18(11-15)24-21(28)16-12-20(27)25(13-16)19-9-7-17(8-10-19)23-14(2)26/h4-11,16H,3,12-13H2,1-2H3,(H,23,26)(H,24,28). The summed E-state index contributed by atoms with van der Waals surface area (Å²) >= 11 is 0. The topological polar surface area (TPSA) is 105 Å². The lowest BCUT2D eigenvalue weighted by molar-refractivity contribution is -0.122. The fraction of sp³-hybridized carbons (Fsp3) is 0.273. The molecule has 8 heteroatoms. The second-order valence-corrected chi connectivity index (χ2v) is 6.92. The highest BCUT2D eigenvalue weighted by Gasteiger charge is 2.35. The van der Waals surface area contributed by atoms with Crippen molar-refractivity contribution in [3.05, 3.63) is 54.1 Å². The first-order valence-corrected chi connectivity index (χ1v) is 9.63. The zero-order valence-electron chi connectivity index (χ0n) is 16.8. The predicted octanol–water partition coefficient (Wildman–Crippen LogP) is 2.81. The molecule has 0 spiro atoms. The Morgan fingerprint density at radius 1 is 1.07 bits per heavy atom. The summed E-state index contributed by atoms with van der Waals surface area (Å²) in [6, 6.07) is 13.4. The summed E-state index contributed by atoms with van der Waals surface area (Å²) in [5.41, 5.74) is 2.11. The van der Waals surface area contributed by atoms with E-state index in [1.165, 1.54) is 6.92 Å². The lowest BCUT2D eigenvalue weighted by Crippen LogP contribution is -2.28. The van der Waals surface area contributed by atoms with E-state index in [9.17, 15) is 19.2 Å². The average Bonchev–Trinajstić information content (AvgIpc) is 3.10. The number of carbonyl (C=O) groups is 4. The molecule has 3 amide bonds. The normalized spacial score (nSPS) is 15.6. The van der Waals surface area contributed by atoms with Crippen molar-refractivity contribution in [1.82, 2.24) is 0 Å². The van der Waals surface area contributed by atoms with Crippen LogP contribution < -0.4 is 15.5 Å². The summed E-state index contributed by atoms with van der Waals surface area (Å²) in [5.74, 6) is -1.59. The van der Waals surface area contributed by atoms with E-state index < -0.39 is 11.9 Å². The quantitative estimate of drug-likeness (QED) is 0.714. The molecule has 1 aliphatic rings. The number of carbonyl (C=O) groups excluding carboxylic acids is 4. The van der Waals surface area contributed by atoms with Gasteiger partial charge in [0, 0.05) is 37.0 Å². The van der Waals surface area contributed by atoms with E-state index in [1.54, 1.807) is 60.4 Å². The molecule has 1 aliphatic heterocycles. The molecule has 0 saturated carbocycles. The molecule has 3 rings (SSSR count). The number of ether oxygens (including phenoxy) is 1. The van der Waals surface area contributed by atoms with Crippen LogP contribution in [0, 0.1) is 5.92 Å². The first kappa shape index (κ1) is 21.0. The van der Waals surface area contributed by atoms with Crippen LogP contribution in [0.3, 0.4) is 0 Å². The maximum atomic E-state index is 12.7. The fourth-order valence-corrected chi connectivity index (χ4v) is 3.24. The third-order valence-corrected chi connectivity index (χ3v) is 4.64. The van der Waals surface area contributed by atoms with Gasteiger partial charge in [0.2, 0.25) is 17.7 Å². The van der Waals surface area contributed by atoms with Crippen LogP contribution in [-0.2, 0) is 19.1 Å². The van der Waals surface area contributed by atoms with Gasteiger partial charge in [-0.25, -0.2) is 4.79 Å². The van der Waals surface area contributed by atoms with E-state index in [0.717, 1.165) is 0 Å². The van der Waals surface area contributed by atoms with Crippen molar-refractivity contribution < 1.29 is 23.9 Å².